The van der Waals surface area contributed by atoms with Crippen LogP contribution in [0.3, 0.4) is 0 Å². The molecule has 0 amide bonds. The highest BCUT2D eigenvalue weighted by Gasteiger charge is 2.21. The molecule has 1 unspecified atom stereocenters. The van der Waals surface area contributed by atoms with Gasteiger partial charge < -0.3 is 9.88 Å². The second kappa shape index (κ2) is 8.97. The van der Waals surface area contributed by atoms with Crippen LogP contribution in [0.2, 0.25) is 0 Å². The third kappa shape index (κ3) is 4.97. The van der Waals surface area contributed by atoms with Crippen molar-refractivity contribution in [3.63, 3.8) is 0 Å². The van der Waals surface area contributed by atoms with Crippen LogP contribution in [-0.2, 0) is 6.54 Å². The molecule has 29 heavy (non-hydrogen) atoms. The average Bonchev–Trinajstić information content (AvgIpc) is 3.44. The van der Waals surface area contributed by atoms with E-state index in [4.69, 9.17) is 4.98 Å². The quantitative estimate of drug-likeness (QED) is 0.539. The molecule has 0 radical (unpaired) electrons. The number of aromatic nitrogens is 4. The van der Waals surface area contributed by atoms with E-state index in [1.807, 2.05) is 12.3 Å². The number of aromatic amines is 1. The summed E-state index contributed by atoms with van der Waals surface area (Å²) in [7, 11) is 0. The van der Waals surface area contributed by atoms with Crippen molar-refractivity contribution in [1.29, 1.82) is 0 Å². The average molecular weight is 412 g/mol. The van der Waals surface area contributed by atoms with Crippen molar-refractivity contribution in [2.24, 2.45) is 5.92 Å². The maximum atomic E-state index is 12.2. The van der Waals surface area contributed by atoms with Gasteiger partial charge in [0.05, 0.1) is 22.9 Å². The number of halogens is 1. The molecule has 3 aromatic rings. The Morgan fingerprint density at radius 2 is 2.21 bits per heavy atom. The lowest BCUT2D eigenvalue weighted by molar-refractivity contribution is 0.483. The summed E-state index contributed by atoms with van der Waals surface area (Å²) in [5.74, 6) is 0.654. The largest absolute Gasteiger partial charge is 0.346 e. The topological polar surface area (TPSA) is 58.5 Å². The van der Waals surface area contributed by atoms with Gasteiger partial charge in [0, 0.05) is 41.9 Å². The first-order chi connectivity index (χ1) is 14.1. The fourth-order valence-electron chi connectivity index (χ4n) is 3.89. The van der Waals surface area contributed by atoms with Gasteiger partial charge in [-0.05, 0) is 56.5 Å². The lowest BCUT2D eigenvalue weighted by Crippen LogP contribution is -2.17. The molecule has 5 nitrogen and oxygen atoms in total. The Kier molecular flexibility index (Phi) is 6.16. The number of fused-ring (bicyclic) bond motifs is 1. The van der Waals surface area contributed by atoms with Gasteiger partial charge in [-0.15, -0.1) is 12.6 Å². The summed E-state index contributed by atoms with van der Waals surface area (Å²) in [5.41, 5.74) is 4.25. The van der Waals surface area contributed by atoms with Crippen molar-refractivity contribution in [3.8, 4) is 11.3 Å². The number of nitrogens with zero attached hydrogens (tertiary/aromatic N) is 3. The molecule has 4 heterocycles. The maximum Gasteiger partial charge on any atom is 0.101 e. The van der Waals surface area contributed by atoms with E-state index in [-0.39, 0.29) is 5.83 Å². The summed E-state index contributed by atoms with van der Waals surface area (Å²) in [6.45, 7) is 4.43. The monoisotopic (exact) mass is 411 g/mol. The molecule has 0 saturated carbocycles. The summed E-state index contributed by atoms with van der Waals surface area (Å²) in [6, 6.07) is 6.98. The number of thiol groups is 1. The van der Waals surface area contributed by atoms with Crippen molar-refractivity contribution in [2.45, 2.75) is 38.8 Å². The van der Waals surface area contributed by atoms with Gasteiger partial charge >= 0.3 is 0 Å². The predicted molar refractivity (Wildman–Crippen MR) is 118 cm³/mol. The minimum atomic E-state index is -0.0579. The Labute approximate surface area is 175 Å². The van der Waals surface area contributed by atoms with Gasteiger partial charge in [-0.25, -0.2) is 9.37 Å². The molecule has 2 aliphatic rings. The van der Waals surface area contributed by atoms with Crippen LogP contribution >= 0.6 is 12.6 Å². The number of H-pyrrole nitrogens is 1. The van der Waals surface area contributed by atoms with E-state index >= 15 is 0 Å². The normalized spacial score (nSPS) is 21.5. The number of allylic oxidation sites excluding steroid dienone is 3. The molecule has 1 fully saturated rings. The molecule has 0 aromatic carbocycles. The van der Waals surface area contributed by atoms with Gasteiger partial charge in [0.15, 0.2) is 0 Å². The Balaban J connectivity index is 0.000000216. The molecule has 0 bridgehead atoms. The Morgan fingerprint density at radius 3 is 2.86 bits per heavy atom. The Hall–Kier alpha value is -2.38. The highest BCUT2D eigenvalue weighted by Crippen LogP contribution is 2.23. The fourth-order valence-corrected chi connectivity index (χ4v) is 4.16. The SMILES string of the molecule is C[C@H]1CC(Cn2ccc3nc(-c4cn[nH]c4)ccc32)CN1.FC1=CC(S)=CCC1. The molecule has 3 aromatic heterocycles. The zero-order valence-corrected chi connectivity index (χ0v) is 17.4. The van der Waals surface area contributed by atoms with Gasteiger partial charge in [0.2, 0.25) is 0 Å². The van der Waals surface area contributed by atoms with Crippen LogP contribution in [0.25, 0.3) is 22.3 Å². The molecule has 0 spiro atoms. The molecule has 1 aliphatic carbocycles. The summed E-state index contributed by atoms with van der Waals surface area (Å²) in [5, 5.41) is 10.3. The highest BCUT2D eigenvalue weighted by atomic mass is 32.1. The lowest BCUT2D eigenvalue weighted by atomic mass is 10.1. The van der Waals surface area contributed by atoms with Gasteiger partial charge in [0.25, 0.3) is 0 Å². The minimum Gasteiger partial charge on any atom is -0.346 e. The molecule has 1 aliphatic heterocycles. The van der Waals surface area contributed by atoms with Gasteiger partial charge in [-0.1, -0.05) is 6.08 Å². The maximum absolute atomic E-state index is 12.2. The molecule has 5 rings (SSSR count). The van der Waals surface area contributed by atoms with Gasteiger partial charge in [0.1, 0.15) is 5.83 Å². The molecular formula is C22H26FN5S. The molecule has 2 atom stereocenters. The zero-order valence-electron chi connectivity index (χ0n) is 16.5. The van der Waals surface area contributed by atoms with E-state index in [0.29, 0.717) is 18.4 Å². The van der Waals surface area contributed by atoms with Gasteiger partial charge in [-0.3, -0.25) is 5.10 Å². The smallest absolute Gasteiger partial charge is 0.101 e. The van der Waals surface area contributed by atoms with Crippen molar-refractivity contribution >= 4 is 23.7 Å². The molecule has 1 saturated heterocycles. The van der Waals surface area contributed by atoms with Crippen molar-refractivity contribution in [3.05, 3.63) is 59.7 Å². The van der Waals surface area contributed by atoms with E-state index in [1.165, 1.54) is 18.0 Å². The summed E-state index contributed by atoms with van der Waals surface area (Å²) in [6.07, 6.45) is 11.8. The standard InChI is InChI=1S/C16H19N5.C6H7FS/c1-11-6-12(7-17-11)10-21-5-4-15-16(21)3-2-14(20-15)13-8-18-19-9-13;7-5-2-1-3-6(8)4-5/h2-5,8-9,11-12,17H,6-7,10H2,1H3,(H,18,19);3-4,8H,1-2H2/t11-,12?;/m0./s1. The number of rotatable bonds is 3. The lowest BCUT2D eigenvalue weighted by Gasteiger charge is -2.11. The van der Waals surface area contributed by atoms with E-state index in [0.717, 1.165) is 41.2 Å². The van der Waals surface area contributed by atoms with Crippen LogP contribution in [0.1, 0.15) is 26.2 Å². The molecular weight excluding hydrogens is 385 g/mol. The first-order valence-electron chi connectivity index (χ1n) is 10.0. The predicted octanol–water partition coefficient (Wildman–Crippen LogP) is 4.87. The van der Waals surface area contributed by atoms with E-state index in [1.54, 1.807) is 6.20 Å². The third-order valence-electron chi connectivity index (χ3n) is 5.36. The zero-order chi connectivity index (χ0) is 20.2. The summed E-state index contributed by atoms with van der Waals surface area (Å²) >= 11 is 3.97. The minimum absolute atomic E-state index is 0.0579. The second-order valence-corrected chi connectivity index (χ2v) is 8.24. The van der Waals surface area contributed by atoms with Crippen molar-refractivity contribution in [2.75, 3.05) is 6.54 Å². The Morgan fingerprint density at radius 1 is 1.31 bits per heavy atom. The van der Waals surface area contributed by atoms with Crippen LogP contribution in [0.4, 0.5) is 4.39 Å². The van der Waals surface area contributed by atoms with Crippen LogP contribution in [0.5, 0.6) is 0 Å². The molecule has 152 valence electrons. The van der Waals surface area contributed by atoms with Crippen LogP contribution in [-0.4, -0.2) is 32.3 Å². The first-order valence-corrected chi connectivity index (χ1v) is 10.5. The number of pyridine rings is 1. The van der Waals surface area contributed by atoms with E-state index in [2.05, 4.69) is 64.0 Å². The van der Waals surface area contributed by atoms with E-state index < -0.39 is 0 Å². The third-order valence-corrected chi connectivity index (χ3v) is 5.67. The molecule has 2 N–H and O–H groups in total. The van der Waals surface area contributed by atoms with Crippen LogP contribution in [0.15, 0.2) is 59.7 Å². The highest BCUT2D eigenvalue weighted by molar-refractivity contribution is 7.84. The fraction of sp³-hybridized carbons (Fsp3) is 0.364. The second-order valence-electron chi connectivity index (χ2n) is 7.73. The Bertz CT molecular complexity index is 1020. The summed E-state index contributed by atoms with van der Waals surface area (Å²) in [4.78, 5) is 5.48. The number of nitrogens with one attached hydrogen (secondary N) is 2. The first kappa shape index (κ1) is 19.9. The number of hydrogen-bond acceptors (Lipinski definition) is 4. The van der Waals surface area contributed by atoms with E-state index in [9.17, 15) is 4.39 Å². The molecule has 7 heteroatoms. The van der Waals surface area contributed by atoms with Gasteiger partial charge in [-0.2, -0.15) is 5.10 Å². The van der Waals surface area contributed by atoms with Crippen molar-refractivity contribution in [1.82, 2.24) is 25.1 Å². The summed E-state index contributed by atoms with van der Waals surface area (Å²) < 4.78 is 14.5. The van der Waals surface area contributed by atoms with Crippen LogP contribution in [0, 0.1) is 5.92 Å². The van der Waals surface area contributed by atoms with Crippen molar-refractivity contribution < 1.29 is 4.39 Å². The van der Waals surface area contributed by atoms with Crippen LogP contribution < -0.4 is 5.32 Å². The number of hydrogen-bond donors (Lipinski definition) is 3.